The van der Waals surface area contributed by atoms with Gasteiger partial charge in [-0.25, -0.2) is 17.2 Å². The van der Waals surface area contributed by atoms with Crippen LogP contribution >= 0.6 is 0 Å². The van der Waals surface area contributed by atoms with E-state index in [1.165, 1.54) is 18.2 Å². The molecular weight excluding hydrogens is 514 g/mol. The monoisotopic (exact) mass is 546 g/mol. The number of sulfone groups is 1. The number of carbonyl (C=O) groups is 1. The van der Waals surface area contributed by atoms with E-state index >= 15 is 4.39 Å². The highest BCUT2D eigenvalue weighted by molar-refractivity contribution is 7.90. The van der Waals surface area contributed by atoms with Crippen molar-refractivity contribution < 1.29 is 27.1 Å². The van der Waals surface area contributed by atoms with Crippen LogP contribution in [0.4, 0.5) is 8.78 Å². The Morgan fingerprint density at radius 2 is 1.84 bits per heavy atom. The van der Waals surface area contributed by atoms with Gasteiger partial charge in [0.25, 0.3) is 5.91 Å². The summed E-state index contributed by atoms with van der Waals surface area (Å²) in [6.45, 7) is 3.95. The van der Waals surface area contributed by atoms with Gasteiger partial charge in [-0.15, -0.1) is 0 Å². The smallest absolute Gasteiger partial charge is 0.254 e. The first-order valence-electron chi connectivity index (χ1n) is 12.5. The van der Waals surface area contributed by atoms with Gasteiger partial charge >= 0.3 is 0 Å². The highest BCUT2D eigenvalue weighted by Crippen LogP contribution is 2.37. The minimum absolute atomic E-state index is 0.191. The highest BCUT2D eigenvalue weighted by atomic mass is 32.2. The number of carbonyl (C=O) groups excluding carboxylic acids is 1. The molecule has 2 aliphatic rings. The zero-order valence-electron chi connectivity index (χ0n) is 21.5. The second-order valence-corrected chi connectivity index (χ2v) is 12.4. The summed E-state index contributed by atoms with van der Waals surface area (Å²) in [7, 11) is -3.66. The number of aliphatic hydroxyl groups is 1. The van der Waals surface area contributed by atoms with Crippen molar-refractivity contribution in [1.82, 2.24) is 5.32 Å². The van der Waals surface area contributed by atoms with E-state index in [0.29, 0.717) is 30.7 Å². The van der Waals surface area contributed by atoms with Crippen LogP contribution in [0.15, 0.2) is 51.3 Å². The number of benzene rings is 2. The van der Waals surface area contributed by atoms with Crippen LogP contribution in [0.2, 0.25) is 0 Å². The molecule has 1 saturated carbocycles. The molecule has 1 unspecified atom stereocenters. The number of nitrogens with one attached hydrogen (secondary N) is 1. The Morgan fingerprint density at radius 3 is 2.47 bits per heavy atom. The van der Waals surface area contributed by atoms with Crippen molar-refractivity contribution in [3.63, 3.8) is 0 Å². The number of hydrogen-bond donors (Lipinski definition) is 3. The van der Waals surface area contributed by atoms with Crippen molar-refractivity contribution in [2.24, 2.45) is 21.6 Å². The predicted molar refractivity (Wildman–Crippen MR) is 141 cm³/mol. The fourth-order valence-electron chi connectivity index (χ4n) is 5.05. The molecule has 0 radical (unpaired) electrons. The van der Waals surface area contributed by atoms with Crippen molar-refractivity contribution in [1.29, 1.82) is 0 Å². The van der Waals surface area contributed by atoms with Crippen molar-refractivity contribution in [3.8, 4) is 0 Å². The first kappa shape index (κ1) is 27.8. The van der Waals surface area contributed by atoms with Crippen LogP contribution in [-0.2, 0) is 9.84 Å². The number of aliphatic imine (C=N–C) groups is 2. The second kappa shape index (κ2) is 10.5. The van der Waals surface area contributed by atoms with Crippen LogP contribution in [0.1, 0.15) is 67.1 Å². The van der Waals surface area contributed by atoms with Gasteiger partial charge in [0.05, 0.1) is 34.7 Å². The van der Waals surface area contributed by atoms with E-state index in [9.17, 15) is 22.7 Å². The maximum atomic E-state index is 15.1. The molecule has 4 rings (SSSR count). The normalized spacial score (nSPS) is 24.8. The molecule has 0 spiro atoms. The molecule has 0 bridgehead atoms. The Morgan fingerprint density at radius 1 is 1.16 bits per heavy atom. The molecule has 0 aromatic heterocycles. The van der Waals surface area contributed by atoms with Crippen LogP contribution in [0.25, 0.3) is 0 Å². The quantitative estimate of drug-likeness (QED) is 0.511. The van der Waals surface area contributed by atoms with Gasteiger partial charge < -0.3 is 16.2 Å². The van der Waals surface area contributed by atoms with Crippen LogP contribution in [0.5, 0.6) is 0 Å². The minimum Gasteiger partial charge on any atom is -0.393 e. The Bertz CT molecular complexity index is 1420. The van der Waals surface area contributed by atoms with Crippen molar-refractivity contribution in [3.05, 3.63) is 64.7 Å². The Labute approximate surface area is 221 Å². The molecule has 204 valence electrons. The summed E-state index contributed by atoms with van der Waals surface area (Å²) >= 11 is 0. The third kappa shape index (κ3) is 5.94. The van der Waals surface area contributed by atoms with E-state index in [1.807, 2.05) is 6.92 Å². The number of nitrogens with zero attached hydrogens (tertiary/aromatic N) is 2. The molecule has 1 aliphatic carbocycles. The molecule has 11 heteroatoms. The van der Waals surface area contributed by atoms with E-state index in [-0.39, 0.29) is 33.9 Å². The van der Waals surface area contributed by atoms with Gasteiger partial charge in [-0.1, -0.05) is 6.07 Å². The van der Waals surface area contributed by atoms with Gasteiger partial charge in [-0.05, 0) is 81.3 Å². The molecule has 4 N–H and O–H groups in total. The number of amides is 1. The summed E-state index contributed by atoms with van der Waals surface area (Å²) in [4.78, 5) is 22.0. The third-order valence-electron chi connectivity index (χ3n) is 7.41. The summed E-state index contributed by atoms with van der Waals surface area (Å²) in [5.74, 6) is -1.91. The number of hydrogen-bond acceptors (Lipinski definition) is 7. The van der Waals surface area contributed by atoms with Crippen LogP contribution in [-0.4, -0.2) is 55.4 Å². The van der Waals surface area contributed by atoms with Gasteiger partial charge in [-0.3, -0.25) is 14.8 Å². The van der Waals surface area contributed by atoms with Gasteiger partial charge in [0.2, 0.25) is 0 Å². The van der Waals surface area contributed by atoms with E-state index in [4.69, 9.17) is 10.7 Å². The topological polar surface area (TPSA) is 134 Å². The fourth-order valence-corrected chi connectivity index (χ4v) is 5.73. The molecular formula is C27H32F2N4O4S. The van der Waals surface area contributed by atoms with Crippen LogP contribution < -0.4 is 11.1 Å². The largest absolute Gasteiger partial charge is 0.393 e. The maximum Gasteiger partial charge on any atom is 0.254 e. The Hall–Kier alpha value is -3.18. The molecule has 2 aromatic carbocycles. The van der Waals surface area contributed by atoms with Crippen molar-refractivity contribution in [2.45, 2.75) is 62.1 Å². The molecule has 1 aliphatic heterocycles. The van der Waals surface area contributed by atoms with Gasteiger partial charge in [0.15, 0.2) is 9.84 Å². The first-order valence-corrected chi connectivity index (χ1v) is 14.4. The van der Waals surface area contributed by atoms with Gasteiger partial charge in [-0.2, -0.15) is 0 Å². The standard InChI is InChI=1S/C27H32F2N4O4S/c1-15(17-10-19(28)13-21(11-17)38(3,36)37)32-26(35)22-9-4-16(12-23(22)29)24-25(30)31-14-27(2,33-24)18-5-7-20(34)8-6-18/h4,9-13,15,18,20,34H,5-8,14H2,1-3H3,(H2,30,31)(H,32,35)/t15-,18-,20+,27?/m1/s1. The lowest BCUT2D eigenvalue weighted by molar-refractivity contribution is 0.0880. The summed E-state index contributed by atoms with van der Waals surface area (Å²) in [5.41, 5.74) is 6.32. The number of nitrogens with two attached hydrogens (primary N) is 1. The Kier molecular flexibility index (Phi) is 7.72. The lowest BCUT2D eigenvalue weighted by Crippen LogP contribution is -2.45. The zero-order chi connectivity index (χ0) is 27.8. The summed E-state index contributed by atoms with van der Waals surface area (Å²) in [5, 5.41) is 12.4. The van der Waals surface area contributed by atoms with E-state index in [0.717, 1.165) is 31.2 Å². The second-order valence-electron chi connectivity index (χ2n) is 10.4. The number of aliphatic hydroxyl groups excluding tert-OH is 1. The first-order chi connectivity index (χ1) is 17.8. The third-order valence-corrected chi connectivity index (χ3v) is 8.50. The molecule has 0 saturated heterocycles. The Balaban J connectivity index is 1.55. The van der Waals surface area contributed by atoms with Gasteiger partial charge in [0, 0.05) is 11.8 Å². The lowest BCUT2D eigenvalue weighted by atomic mass is 9.74. The molecule has 38 heavy (non-hydrogen) atoms. The number of rotatable bonds is 6. The summed E-state index contributed by atoms with van der Waals surface area (Å²) in [6, 6.07) is 6.54. The molecule has 8 nitrogen and oxygen atoms in total. The summed E-state index contributed by atoms with van der Waals surface area (Å²) in [6.07, 6.45) is 3.69. The van der Waals surface area contributed by atoms with Gasteiger partial charge in [0.1, 0.15) is 23.2 Å². The fraction of sp³-hybridized carbons (Fsp3) is 0.444. The molecule has 2 atom stereocenters. The van der Waals surface area contributed by atoms with E-state index < -0.39 is 39.0 Å². The van der Waals surface area contributed by atoms with Crippen molar-refractivity contribution >= 4 is 27.3 Å². The molecule has 1 heterocycles. The molecule has 1 fully saturated rings. The average molecular weight is 547 g/mol. The SMILES string of the molecule is C[C@@H](NC(=O)c1ccc(C2=NC(C)([C@H]3CC[C@@H](O)CC3)CN=C2N)cc1F)c1cc(F)cc(S(C)(=O)=O)c1. The molecule has 2 aromatic rings. The van der Waals surface area contributed by atoms with E-state index in [2.05, 4.69) is 10.3 Å². The van der Waals surface area contributed by atoms with Crippen LogP contribution in [0.3, 0.4) is 0 Å². The highest BCUT2D eigenvalue weighted by Gasteiger charge is 2.39. The number of amidine groups is 1. The van der Waals surface area contributed by atoms with E-state index in [1.54, 1.807) is 13.0 Å². The average Bonchev–Trinajstić information content (AvgIpc) is 2.85. The van der Waals surface area contributed by atoms with Crippen LogP contribution in [0, 0.1) is 17.6 Å². The summed E-state index contributed by atoms with van der Waals surface area (Å²) < 4.78 is 52.8. The molecule has 1 amide bonds. The number of halogens is 2. The lowest BCUT2D eigenvalue weighted by Gasteiger charge is -2.39. The van der Waals surface area contributed by atoms with Crippen molar-refractivity contribution in [2.75, 3.05) is 12.8 Å². The minimum atomic E-state index is -3.66. The maximum absolute atomic E-state index is 15.1. The predicted octanol–water partition coefficient (Wildman–Crippen LogP) is 3.33. The zero-order valence-corrected chi connectivity index (χ0v) is 22.4.